The first-order chi connectivity index (χ1) is 8.70. The van der Waals surface area contributed by atoms with Crippen LogP contribution in [0.2, 0.25) is 5.15 Å². The van der Waals surface area contributed by atoms with Crippen molar-refractivity contribution in [1.29, 1.82) is 0 Å². The third kappa shape index (κ3) is 2.96. The molecule has 0 aliphatic heterocycles. The van der Waals surface area contributed by atoms with E-state index in [0.717, 1.165) is 5.56 Å². The molecule has 0 aliphatic rings. The number of ether oxygens (including phenoxy) is 1. The number of rotatable bonds is 3. The van der Waals surface area contributed by atoms with E-state index in [1.807, 2.05) is 6.07 Å². The highest BCUT2D eigenvalue weighted by atomic mass is 35.5. The Morgan fingerprint density at radius 1 is 1.61 bits per heavy atom. The summed E-state index contributed by atoms with van der Waals surface area (Å²) in [6.45, 7) is 2.29. The van der Waals surface area contributed by atoms with Crippen molar-refractivity contribution in [1.82, 2.24) is 15.3 Å². The number of nitrogens with one attached hydrogen (secondary N) is 1. The van der Waals surface area contributed by atoms with E-state index < -0.39 is 6.09 Å². The Hall–Kier alpha value is -1.66. The molecule has 2 aromatic rings. The SMILES string of the molecule is CCNC(=O)Oc1sc(-c2cccnc2)nc1Cl. The molecule has 0 bridgehead atoms. The summed E-state index contributed by atoms with van der Waals surface area (Å²) >= 11 is 7.11. The minimum atomic E-state index is -0.541. The molecule has 0 spiro atoms. The van der Waals surface area contributed by atoms with E-state index in [1.54, 1.807) is 25.4 Å². The molecule has 1 amide bonds. The first-order valence-electron chi connectivity index (χ1n) is 5.23. The van der Waals surface area contributed by atoms with Crippen LogP contribution in [-0.2, 0) is 0 Å². The van der Waals surface area contributed by atoms with Crippen molar-refractivity contribution in [2.75, 3.05) is 6.54 Å². The molecule has 0 saturated heterocycles. The van der Waals surface area contributed by atoms with Gasteiger partial charge in [0.15, 0.2) is 5.15 Å². The predicted octanol–water partition coefficient (Wildman–Crippen LogP) is 2.97. The van der Waals surface area contributed by atoms with E-state index in [0.29, 0.717) is 11.6 Å². The molecule has 0 atom stereocenters. The van der Waals surface area contributed by atoms with Gasteiger partial charge in [0.25, 0.3) is 0 Å². The lowest BCUT2D eigenvalue weighted by molar-refractivity contribution is 0.202. The molecule has 0 radical (unpaired) electrons. The highest BCUT2D eigenvalue weighted by Crippen LogP contribution is 2.36. The average molecular weight is 284 g/mol. The van der Waals surface area contributed by atoms with Crippen LogP contribution in [0.15, 0.2) is 24.5 Å². The molecule has 94 valence electrons. The number of halogens is 1. The summed E-state index contributed by atoms with van der Waals surface area (Å²) in [4.78, 5) is 19.4. The molecule has 0 unspecified atom stereocenters. The van der Waals surface area contributed by atoms with E-state index in [2.05, 4.69) is 15.3 Å². The molecular weight excluding hydrogens is 274 g/mol. The molecule has 0 aliphatic carbocycles. The molecule has 0 fully saturated rings. The van der Waals surface area contributed by atoms with Crippen LogP contribution >= 0.6 is 22.9 Å². The van der Waals surface area contributed by atoms with Crippen LogP contribution in [-0.4, -0.2) is 22.6 Å². The second kappa shape index (κ2) is 5.79. The van der Waals surface area contributed by atoms with Crippen LogP contribution in [0.25, 0.3) is 10.6 Å². The lowest BCUT2D eigenvalue weighted by atomic mass is 10.3. The Balaban J connectivity index is 2.20. The summed E-state index contributed by atoms with van der Waals surface area (Å²) in [7, 11) is 0. The topological polar surface area (TPSA) is 64.1 Å². The fraction of sp³-hybridized carbons (Fsp3) is 0.182. The average Bonchev–Trinajstić information content (AvgIpc) is 2.72. The van der Waals surface area contributed by atoms with Crippen molar-refractivity contribution in [2.45, 2.75) is 6.92 Å². The second-order valence-electron chi connectivity index (χ2n) is 3.26. The summed E-state index contributed by atoms with van der Waals surface area (Å²) in [5.74, 6) is 0. The van der Waals surface area contributed by atoms with E-state index in [9.17, 15) is 4.79 Å². The largest absolute Gasteiger partial charge is 0.413 e. The third-order valence-electron chi connectivity index (χ3n) is 1.97. The summed E-state index contributed by atoms with van der Waals surface area (Å²) < 4.78 is 5.04. The molecule has 2 heterocycles. The maximum Gasteiger partial charge on any atom is 0.413 e. The van der Waals surface area contributed by atoms with Crippen molar-refractivity contribution < 1.29 is 9.53 Å². The van der Waals surface area contributed by atoms with Crippen LogP contribution in [0.3, 0.4) is 0 Å². The summed E-state index contributed by atoms with van der Waals surface area (Å²) in [6.07, 6.45) is 2.80. The van der Waals surface area contributed by atoms with Gasteiger partial charge in [0, 0.05) is 24.5 Å². The molecule has 1 N–H and O–H groups in total. The third-order valence-corrected chi connectivity index (χ3v) is 3.32. The lowest BCUT2D eigenvalue weighted by Crippen LogP contribution is -2.25. The van der Waals surface area contributed by atoms with Gasteiger partial charge in [-0.3, -0.25) is 4.98 Å². The maximum absolute atomic E-state index is 11.3. The monoisotopic (exact) mass is 283 g/mol. The van der Waals surface area contributed by atoms with Crippen LogP contribution in [0.1, 0.15) is 6.92 Å². The van der Waals surface area contributed by atoms with Gasteiger partial charge in [-0.1, -0.05) is 22.9 Å². The van der Waals surface area contributed by atoms with Gasteiger partial charge in [-0.2, -0.15) is 0 Å². The standard InChI is InChI=1S/C11H10ClN3O2S/c1-2-14-11(16)17-10-8(12)15-9(18-10)7-4-3-5-13-6-7/h3-6H,2H2,1H3,(H,14,16). The number of carbonyl (C=O) groups is 1. The minimum Gasteiger partial charge on any atom is -0.396 e. The molecule has 5 nitrogen and oxygen atoms in total. The van der Waals surface area contributed by atoms with E-state index in [4.69, 9.17) is 16.3 Å². The quantitative estimate of drug-likeness (QED) is 0.940. The molecule has 18 heavy (non-hydrogen) atoms. The summed E-state index contributed by atoms with van der Waals surface area (Å²) in [6, 6.07) is 3.66. The fourth-order valence-electron chi connectivity index (χ4n) is 1.23. The van der Waals surface area contributed by atoms with Gasteiger partial charge in [-0.05, 0) is 19.1 Å². The van der Waals surface area contributed by atoms with Crippen LogP contribution in [0, 0.1) is 0 Å². The van der Waals surface area contributed by atoms with Crippen molar-refractivity contribution in [3.8, 4) is 15.6 Å². The predicted molar refractivity (Wildman–Crippen MR) is 70.1 cm³/mol. The number of carbonyl (C=O) groups excluding carboxylic acids is 1. The van der Waals surface area contributed by atoms with Crippen molar-refractivity contribution in [2.24, 2.45) is 0 Å². The molecule has 0 saturated carbocycles. The molecule has 0 aromatic carbocycles. The number of hydrogen-bond donors (Lipinski definition) is 1. The number of pyridine rings is 1. The minimum absolute atomic E-state index is 0.171. The van der Waals surface area contributed by atoms with Gasteiger partial charge in [0.05, 0.1) is 0 Å². The molecular formula is C11H10ClN3O2S. The number of thiazole rings is 1. The van der Waals surface area contributed by atoms with E-state index >= 15 is 0 Å². The van der Waals surface area contributed by atoms with Gasteiger partial charge >= 0.3 is 6.09 Å². The lowest BCUT2D eigenvalue weighted by Gasteiger charge is -2.00. The number of amides is 1. The summed E-state index contributed by atoms with van der Waals surface area (Å²) in [5.41, 5.74) is 0.829. The first-order valence-corrected chi connectivity index (χ1v) is 6.42. The van der Waals surface area contributed by atoms with Crippen molar-refractivity contribution >= 4 is 29.0 Å². The molecule has 2 aromatic heterocycles. The zero-order chi connectivity index (χ0) is 13.0. The maximum atomic E-state index is 11.3. The van der Waals surface area contributed by atoms with Crippen LogP contribution < -0.4 is 10.1 Å². The first kappa shape index (κ1) is 12.8. The Kier molecular flexibility index (Phi) is 4.11. The smallest absolute Gasteiger partial charge is 0.396 e. The summed E-state index contributed by atoms with van der Waals surface area (Å²) in [5, 5.41) is 3.63. The number of aromatic nitrogens is 2. The van der Waals surface area contributed by atoms with Gasteiger partial charge in [0.1, 0.15) is 5.01 Å². The normalized spacial score (nSPS) is 10.1. The highest BCUT2D eigenvalue weighted by Gasteiger charge is 2.15. The van der Waals surface area contributed by atoms with Crippen LogP contribution in [0.4, 0.5) is 4.79 Å². The Bertz CT molecular complexity index is 544. The zero-order valence-corrected chi connectivity index (χ0v) is 11.1. The van der Waals surface area contributed by atoms with Crippen LogP contribution in [0.5, 0.6) is 5.06 Å². The highest BCUT2D eigenvalue weighted by molar-refractivity contribution is 7.17. The molecule has 2 rings (SSSR count). The number of nitrogens with zero attached hydrogens (tertiary/aromatic N) is 2. The van der Waals surface area contributed by atoms with Gasteiger partial charge in [-0.15, -0.1) is 0 Å². The number of hydrogen-bond acceptors (Lipinski definition) is 5. The van der Waals surface area contributed by atoms with E-state index in [-0.39, 0.29) is 10.2 Å². The fourth-order valence-corrected chi connectivity index (χ4v) is 2.32. The van der Waals surface area contributed by atoms with E-state index in [1.165, 1.54) is 11.3 Å². The molecule has 7 heteroatoms. The van der Waals surface area contributed by atoms with Gasteiger partial charge in [0.2, 0.25) is 5.06 Å². The van der Waals surface area contributed by atoms with Crippen molar-refractivity contribution in [3.05, 3.63) is 29.7 Å². The zero-order valence-electron chi connectivity index (χ0n) is 9.51. The Morgan fingerprint density at radius 2 is 2.44 bits per heavy atom. The Morgan fingerprint density at radius 3 is 3.11 bits per heavy atom. The Labute approximate surface area is 113 Å². The van der Waals surface area contributed by atoms with Gasteiger partial charge in [-0.25, -0.2) is 9.78 Å². The second-order valence-corrected chi connectivity index (χ2v) is 4.58. The van der Waals surface area contributed by atoms with Crippen molar-refractivity contribution in [3.63, 3.8) is 0 Å². The van der Waals surface area contributed by atoms with Gasteiger partial charge < -0.3 is 10.1 Å².